The van der Waals surface area contributed by atoms with Gasteiger partial charge in [0, 0.05) is 78.9 Å². The van der Waals surface area contributed by atoms with Crippen molar-refractivity contribution in [2.75, 3.05) is 0 Å². The van der Waals surface area contributed by atoms with Gasteiger partial charge in [-0.3, -0.25) is 0 Å². The SMILES string of the molecule is c1ccc(-c2cc(-c3ccccc3)nc(-c3cc(-c4ccccc4)c(-n4c5ccccc5c5c6sc7c(ccc8sc9ccccc9c87)c6ccc54)c(-c4ccccc4)c3)n2)cc1. The summed E-state index contributed by atoms with van der Waals surface area (Å²) in [6.45, 7) is 0. The predicted octanol–water partition coefficient (Wildman–Crippen LogP) is 16.6. The number of nitrogens with zero attached hydrogens (tertiary/aromatic N) is 3. The average Bonchev–Trinajstić information content (AvgIpc) is 4.04. The second kappa shape index (κ2) is 14.5. The van der Waals surface area contributed by atoms with Crippen LogP contribution in [0, 0.1) is 0 Å². The molecule has 3 nitrogen and oxygen atoms in total. The van der Waals surface area contributed by atoms with Crippen LogP contribution in [0.5, 0.6) is 0 Å². The second-order valence-corrected chi connectivity index (χ2v) is 18.2. The number of hydrogen-bond acceptors (Lipinski definition) is 4. The maximum absolute atomic E-state index is 5.34. The summed E-state index contributed by atoms with van der Waals surface area (Å²) < 4.78 is 7.87. The van der Waals surface area contributed by atoms with Crippen LogP contribution in [0.1, 0.15) is 0 Å². The van der Waals surface area contributed by atoms with Crippen LogP contribution in [0.25, 0.3) is 124 Å². The van der Waals surface area contributed by atoms with Gasteiger partial charge in [0.05, 0.1) is 28.1 Å². The van der Waals surface area contributed by atoms with Crippen LogP contribution >= 0.6 is 22.7 Å². The molecule has 0 aliphatic carbocycles. The lowest BCUT2D eigenvalue weighted by Crippen LogP contribution is -2.03. The molecule has 0 saturated carbocycles. The second-order valence-electron chi connectivity index (χ2n) is 16.1. The van der Waals surface area contributed by atoms with Gasteiger partial charge in [0.2, 0.25) is 0 Å². The van der Waals surface area contributed by atoms with Gasteiger partial charge in [-0.2, -0.15) is 0 Å². The number of rotatable bonds is 6. The minimum Gasteiger partial charge on any atom is -0.308 e. The summed E-state index contributed by atoms with van der Waals surface area (Å²) in [5.74, 6) is 0.678. The van der Waals surface area contributed by atoms with E-state index in [1.807, 2.05) is 34.8 Å². The van der Waals surface area contributed by atoms with E-state index in [0.717, 1.165) is 56.0 Å². The van der Waals surface area contributed by atoms with E-state index in [1.54, 1.807) is 0 Å². The first-order valence-corrected chi connectivity index (χ1v) is 22.9. The summed E-state index contributed by atoms with van der Waals surface area (Å²) in [5.41, 5.74) is 12.7. The Bertz CT molecular complexity index is 3770. The topological polar surface area (TPSA) is 30.7 Å². The van der Waals surface area contributed by atoms with Crippen molar-refractivity contribution in [3.8, 4) is 61.8 Å². The summed E-state index contributed by atoms with van der Waals surface area (Å²) in [5, 5.41) is 7.84. The Hall–Kier alpha value is -7.70. The van der Waals surface area contributed by atoms with Crippen LogP contribution in [0.2, 0.25) is 0 Å². The molecule has 0 aliphatic rings. The number of para-hydroxylation sites is 1. The van der Waals surface area contributed by atoms with Gasteiger partial charge in [-0.1, -0.05) is 170 Å². The quantitative estimate of drug-likeness (QED) is 0.167. The van der Waals surface area contributed by atoms with Gasteiger partial charge in [-0.05, 0) is 53.6 Å². The zero-order valence-electron chi connectivity index (χ0n) is 33.9. The van der Waals surface area contributed by atoms with Crippen molar-refractivity contribution in [3.63, 3.8) is 0 Å². The Morgan fingerprint density at radius 2 is 0.841 bits per heavy atom. The fourth-order valence-electron chi connectivity index (χ4n) is 9.56. The third-order valence-electron chi connectivity index (χ3n) is 12.4. The van der Waals surface area contributed by atoms with E-state index in [1.165, 1.54) is 62.2 Å². The van der Waals surface area contributed by atoms with Crippen molar-refractivity contribution in [2.24, 2.45) is 0 Å². The van der Waals surface area contributed by atoms with Gasteiger partial charge in [0.25, 0.3) is 0 Å². The first-order chi connectivity index (χ1) is 31.2. The zero-order valence-corrected chi connectivity index (χ0v) is 35.5. The highest BCUT2D eigenvalue weighted by Crippen LogP contribution is 2.50. The van der Waals surface area contributed by atoms with Crippen LogP contribution in [0.15, 0.2) is 212 Å². The highest BCUT2D eigenvalue weighted by molar-refractivity contribution is 7.30. The van der Waals surface area contributed by atoms with Gasteiger partial charge >= 0.3 is 0 Å². The number of thiophene rings is 2. The van der Waals surface area contributed by atoms with Crippen molar-refractivity contribution in [1.29, 1.82) is 0 Å². The molecule has 0 bridgehead atoms. The molecule has 0 unspecified atom stereocenters. The van der Waals surface area contributed by atoms with E-state index < -0.39 is 0 Å². The Kier molecular flexibility index (Phi) is 8.26. The predicted molar refractivity (Wildman–Crippen MR) is 269 cm³/mol. The van der Waals surface area contributed by atoms with Crippen LogP contribution in [-0.4, -0.2) is 14.5 Å². The molecule has 0 N–H and O–H groups in total. The number of aromatic nitrogens is 3. The van der Waals surface area contributed by atoms with E-state index in [0.29, 0.717) is 5.82 Å². The first-order valence-electron chi connectivity index (χ1n) is 21.2. The molecule has 4 heterocycles. The maximum atomic E-state index is 5.34. The van der Waals surface area contributed by atoms with E-state index in [2.05, 4.69) is 205 Å². The van der Waals surface area contributed by atoms with Crippen molar-refractivity contribution in [1.82, 2.24) is 14.5 Å². The molecule has 0 atom stereocenters. The van der Waals surface area contributed by atoms with E-state index in [9.17, 15) is 0 Å². The molecule has 0 aliphatic heterocycles. The summed E-state index contributed by atoms with van der Waals surface area (Å²) in [7, 11) is 0. The maximum Gasteiger partial charge on any atom is 0.160 e. The molecule has 9 aromatic carbocycles. The highest BCUT2D eigenvalue weighted by Gasteiger charge is 2.25. The highest BCUT2D eigenvalue weighted by atomic mass is 32.1. The molecule has 0 fully saturated rings. The fourth-order valence-corrected chi connectivity index (χ4v) is 12.2. The minimum absolute atomic E-state index is 0.678. The van der Waals surface area contributed by atoms with Crippen molar-refractivity contribution in [3.05, 3.63) is 212 Å². The van der Waals surface area contributed by atoms with Crippen LogP contribution < -0.4 is 0 Å². The van der Waals surface area contributed by atoms with E-state index >= 15 is 0 Å². The van der Waals surface area contributed by atoms with Gasteiger partial charge in [0.1, 0.15) is 0 Å². The molecule has 13 rings (SSSR count). The smallest absolute Gasteiger partial charge is 0.160 e. The van der Waals surface area contributed by atoms with Crippen molar-refractivity contribution in [2.45, 2.75) is 0 Å². The fraction of sp³-hybridized carbons (Fsp3) is 0. The van der Waals surface area contributed by atoms with Crippen LogP contribution in [-0.2, 0) is 0 Å². The number of benzene rings is 9. The molecule has 0 saturated heterocycles. The lowest BCUT2D eigenvalue weighted by Gasteiger charge is -2.21. The normalized spacial score (nSPS) is 11.8. The van der Waals surface area contributed by atoms with Gasteiger partial charge < -0.3 is 4.57 Å². The summed E-state index contributed by atoms with van der Waals surface area (Å²) in [4.78, 5) is 10.7. The lowest BCUT2D eigenvalue weighted by atomic mass is 9.92. The van der Waals surface area contributed by atoms with E-state index in [-0.39, 0.29) is 0 Å². The average molecular weight is 838 g/mol. The van der Waals surface area contributed by atoms with Crippen molar-refractivity contribution >= 4 is 84.8 Å². The van der Waals surface area contributed by atoms with E-state index in [4.69, 9.17) is 9.97 Å². The zero-order chi connectivity index (χ0) is 41.4. The monoisotopic (exact) mass is 837 g/mol. The molecular weight excluding hydrogens is 803 g/mol. The molecule has 63 heavy (non-hydrogen) atoms. The molecule has 5 heteroatoms. The number of hydrogen-bond donors (Lipinski definition) is 0. The third-order valence-corrected chi connectivity index (χ3v) is 14.8. The van der Waals surface area contributed by atoms with Gasteiger partial charge in [-0.15, -0.1) is 22.7 Å². The largest absolute Gasteiger partial charge is 0.308 e. The van der Waals surface area contributed by atoms with Crippen LogP contribution in [0.3, 0.4) is 0 Å². The lowest BCUT2D eigenvalue weighted by molar-refractivity contribution is 1.17. The standard InChI is InChI=1S/C58H35N3S2/c1-5-17-36(18-6-1)45-33-40(58-59-47(38-21-9-3-10-22-38)35-48(60-58)39-23-11-4-12-24-39)34-46(37-19-7-2-8-20-37)55(45)61-49-27-15-13-25-43(49)53-50(61)31-29-41-42-30-32-52-54(57(42)63-56(41)53)44-26-14-16-28-51(44)62-52/h1-35H. The molecule has 13 aromatic rings. The summed E-state index contributed by atoms with van der Waals surface area (Å²) in [6.07, 6.45) is 0. The molecular formula is C58H35N3S2. The molecule has 0 spiro atoms. The molecule has 0 radical (unpaired) electrons. The minimum atomic E-state index is 0.678. The molecule has 0 amide bonds. The Morgan fingerprint density at radius 3 is 1.46 bits per heavy atom. The third kappa shape index (κ3) is 5.78. The summed E-state index contributed by atoms with van der Waals surface area (Å²) >= 11 is 3.83. The Labute approximate surface area is 371 Å². The first kappa shape index (κ1) is 36.0. The summed E-state index contributed by atoms with van der Waals surface area (Å²) in [6, 6.07) is 76.4. The molecule has 4 aromatic heterocycles. The van der Waals surface area contributed by atoms with Crippen molar-refractivity contribution < 1.29 is 0 Å². The van der Waals surface area contributed by atoms with Crippen LogP contribution in [0.4, 0.5) is 0 Å². The van der Waals surface area contributed by atoms with Gasteiger partial charge in [0.15, 0.2) is 5.82 Å². The Morgan fingerprint density at radius 1 is 0.333 bits per heavy atom. The Balaban J connectivity index is 1.14. The molecule has 294 valence electrons. The number of fused-ring (bicyclic) bond motifs is 11. The van der Waals surface area contributed by atoms with Gasteiger partial charge in [-0.25, -0.2) is 9.97 Å².